The lowest BCUT2D eigenvalue weighted by molar-refractivity contribution is 0.0896. The summed E-state index contributed by atoms with van der Waals surface area (Å²) >= 11 is 0. The second kappa shape index (κ2) is 9.58. The number of aromatic nitrogens is 1. The van der Waals surface area contributed by atoms with Gasteiger partial charge in [-0.3, -0.25) is 19.4 Å². The monoisotopic (exact) mass is 448 g/mol. The van der Waals surface area contributed by atoms with Crippen LogP contribution in [0.25, 0.3) is 0 Å². The Kier molecular flexibility index (Phi) is 6.41. The van der Waals surface area contributed by atoms with Crippen molar-refractivity contribution in [2.45, 2.75) is 12.1 Å². The van der Waals surface area contributed by atoms with Crippen molar-refractivity contribution in [3.8, 4) is 5.75 Å². The summed E-state index contributed by atoms with van der Waals surface area (Å²) in [7, 11) is 0. The molecular formula is C24H21FN4O4. The Morgan fingerprint density at radius 3 is 1.97 bits per heavy atom. The fourth-order valence-corrected chi connectivity index (χ4v) is 3.64. The third kappa shape index (κ3) is 4.88. The molecule has 8 nitrogen and oxygen atoms in total. The Balaban J connectivity index is 1.41. The maximum absolute atomic E-state index is 14.0. The van der Waals surface area contributed by atoms with Crippen LogP contribution in [0.3, 0.4) is 0 Å². The molecule has 2 heterocycles. The molecule has 3 aromatic rings. The highest BCUT2D eigenvalue weighted by Crippen LogP contribution is 2.23. The molecular weight excluding hydrogens is 427 g/mol. The zero-order valence-electron chi connectivity index (χ0n) is 17.4. The minimum atomic E-state index is -0.824. The number of nitrogens with zero attached hydrogens (tertiary/aromatic N) is 1. The lowest BCUT2D eigenvalue weighted by atomic mass is 10.0. The van der Waals surface area contributed by atoms with E-state index in [1.165, 1.54) is 48.8 Å². The van der Waals surface area contributed by atoms with Crippen molar-refractivity contribution in [2.24, 2.45) is 0 Å². The number of rotatable bonds is 6. The van der Waals surface area contributed by atoms with E-state index in [9.17, 15) is 23.9 Å². The summed E-state index contributed by atoms with van der Waals surface area (Å²) in [5.41, 5.74) is 0.495. The minimum Gasteiger partial charge on any atom is -0.507 e. The summed E-state index contributed by atoms with van der Waals surface area (Å²) in [6.45, 7) is 0.984. The van der Waals surface area contributed by atoms with Gasteiger partial charge in [0.2, 0.25) is 0 Å². The van der Waals surface area contributed by atoms with Gasteiger partial charge in [-0.25, -0.2) is 4.39 Å². The molecule has 0 aliphatic carbocycles. The van der Waals surface area contributed by atoms with E-state index in [1.54, 1.807) is 12.1 Å². The van der Waals surface area contributed by atoms with E-state index in [0.29, 0.717) is 24.2 Å². The number of carbonyl (C=O) groups excluding carboxylic acids is 3. The molecule has 1 saturated heterocycles. The predicted octanol–water partition coefficient (Wildman–Crippen LogP) is 1.66. The van der Waals surface area contributed by atoms with Gasteiger partial charge in [0.25, 0.3) is 11.8 Å². The van der Waals surface area contributed by atoms with E-state index in [0.717, 1.165) is 6.07 Å². The molecule has 0 saturated carbocycles. The molecule has 1 aliphatic heterocycles. The average molecular weight is 448 g/mol. The first-order valence-electron chi connectivity index (χ1n) is 10.3. The molecule has 9 heteroatoms. The highest BCUT2D eigenvalue weighted by molar-refractivity contribution is 6.11. The van der Waals surface area contributed by atoms with Crippen LogP contribution in [0.1, 0.15) is 36.6 Å². The summed E-state index contributed by atoms with van der Waals surface area (Å²) in [5, 5.41) is 18.8. The molecule has 4 N–H and O–H groups in total. The molecule has 4 rings (SSSR count). The Morgan fingerprint density at radius 2 is 1.39 bits per heavy atom. The fraction of sp³-hybridized carbons (Fsp3) is 0.167. The van der Waals surface area contributed by atoms with Crippen molar-refractivity contribution in [1.29, 1.82) is 0 Å². The molecule has 1 aromatic heterocycles. The molecule has 2 aromatic carbocycles. The Hall–Kier alpha value is -4.11. The first-order valence-corrected chi connectivity index (χ1v) is 10.3. The van der Waals surface area contributed by atoms with E-state index in [2.05, 4.69) is 20.9 Å². The van der Waals surface area contributed by atoms with Gasteiger partial charge in [0.1, 0.15) is 11.6 Å². The van der Waals surface area contributed by atoms with E-state index in [1.807, 2.05) is 0 Å². The van der Waals surface area contributed by atoms with Crippen molar-refractivity contribution >= 4 is 17.6 Å². The SMILES string of the molecule is O=C(NC1CNC[C@H]1NC(=O)c1ccncc1)c1ccc(C(=O)c2c(O)cccc2F)cc1. The van der Waals surface area contributed by atoms with Gasteiger partial charge < -0.3 is 21.1 Å². The molecule has 2 atom stereocenters. The molecule has 168 valence electrons. The van der Waals surface area contributed by atoms with Crippen molar-refractivity contribution in [2.75, 3.05) is 13.1 Å². The zero-order chi connectivity index (χ0) is 23.4. The topological polar surface area (TPSA) is 120 Å². The third-order valence-corrected chi connectivity index (χ3v) is 5.42. The summed E-state index contributed by atoms with van der Waals surface area (Å²) in [5.74, 6) is -2.59. The van der Waals surface area contributed by atoms with Crippen LogP contribution in [-0.4, -0.2) is 52.9 Å². The van der Waals surface area contributed by atoms with Crippen LogP contribution in [-0.2, 0) is 0 Å². The van der Waals surface area contributed by atoms with Gasteiger partial charge in [-0.2, -0.15) is 0 Å². The lowest BCUT2D eigenvalue weighted by Gasteiger charge is -2.21. The number of pyridine rings is 1. The van der Waals surface area contributed by atoms with E-state index in [-0.39, 0.29) is 29.5 Å². The molecule has 0 spiro atoms. The summed E-state index contributed by atoms with van der Waals surface area (Å²) < 4.78 is 14.0. The minimum absolute atomic E-state index is 0.136. The number of ketones is 1. The fourth-order valence-electron chi connectivity index (χ4n) is 3.64. The summed E-state index contributed by atoms with van der Waals surface area (Å²) in [6.07, 6.45) is 3.06. The van der Waals surface area contributed by atoms with Crippen molar-refractivity contribution in [3.63, 3.8) is 0 Å². The maximum atomic E-state index is 14.0. The molecule has 0 bridgehead atoms. The summed E-state index contributed by atoms with van der Waals surface area (Å²) in [6, 6.07) is 11.9. The van der Waals surface area contributed by atoms with Gasteiger partial charge in [0, 0.05) is 42.2 Å². The quantitative estimate of drug-likeness (QED) is 0.426. The highest BCUT2D eigenvalue weighted by atomic mass is 19.1. The van der Waals surface area contributed by atoms with Crippen LogP contribution in [0.5, 0.6) is 5.75 Å². The van der Waals surface area contributed by atoms with E-state index < -0.39 is 22.9 Å². The average Bonchev–Trinajstić information content (AvgIpc) is 3.25. The Labute approximate surface area is 188 Å². The smallest absolute Gasteiger partial charge is 0.251 e. The lowest BCUT2D eigenvalue weighted by Crippen LogP contribution is -2.51. The van der Waals surface area contributed by atoms with Crippen molar-refractivity contribution in [3.05, 3.63) is 95.1 Å². The van der Waals surface area contributed by atoms with Gasteiger partial charge in [-0.1, -0.05) is 18.2 Å². The standard InChI is InChI=1S/C24H21FN4O4/c25-17-2-1-3-20(30)21(17)22(31)14-4-6-15(7-5-14)23(32)28-18-12-27-13-19(18)29-24(33)16-8-10-26-11-9-16/h1-11,18-19,27,30H,12-13H2,(H,28,32)(H,29,33)/t18?,19-/m1/s1. The van der Waals surface area contributed by atoms with Crippen LogP contribution in [0, 0.1) is 5.82 Å². The van der Waals surface area contributed by atoms with Gasteiger partial charge in [-0.05, 0) is 36.4 Å². The highest BCUT2D eigenvalue weighted by Gasteiger charge is 2.30. The number of amides is 2. The normalized spacial score (nSPS) is 17.4. The number of benzene rings is 2. The molecule has 1 aliphatic rings. The largest absolute Gasteiger partial charge is 0.507 e. The Bertz CT molecular complexity index is 1160. The van der Waals surface area contributed by atoms with E-state index in [4.69, 9.17) is 0 Å². The molecule has 1 fully saturated rings. The number of halogens is 1. The number of carbonyl (C=O) groups is 3. The van der Waals surface area contributed by atoms with Crippen LogP contribution >= 0.6 is 0 Å². The first-order chi connectivity index (χ1) is 15.9. The van der Waals surface area contributed by atoms with Crippen molar-refractivity contribution < 1.29 is 23.9 Å². The summed E-state index contributed by atoms with van der Waals surface area (Å²) in [4.78, 5) is 41.6. The number of nitrogens with one attached hydrogen (secondary N) is 3. The maximum Gasteiger partial charge on any atom is 0.251 e. The number of phenolic OH excluding ortho intramolecular Hbond substituents is 1. The van der Waals surface area contributed by atoms with Crippen LogP contribution < -0.4 is 16.0 Å². The predicted molar refractivity (Wildman–Crippen MR) is 118 cm³/mol. The number of phenols is 1. The second-order valence-corrected chi connectivity index (χ2v) is 7.59. The van der Waals surface area contributed by atoms with Crippen LogP contribution in [0.15, 0.2) is 67.0 Å². The van der Waals surface area contributed by atoms with Gasteiger partial charge in [0.05, 0.1) is 17.6 Å². The Morgan fingerprint density at radius 1 is 0.848 bits per heavy atom. The number of aromatic hydroxyl groups is 1. The van der Waals surface area contributed by atoms with Crippen LogP contribution in [0.2, 0.25) is 0 Å². The van der Waals surface area contributed by atoms with Gasteiger partial charge >= 0.3 is 0 Å². The van der Waals surface area contributed by atoms with Crippen molar-refractivity contribution in [1.82, 2.24) is 20.9 Å². The van der Waals surface area contributed by atoms with Gasteiger partial charge in [0.15, 0.2) is 5.78 Å². The van der Waals surface area contributed by atoms with Crippen LogP contribution in [0.4, 0.5) is 4.39 Å². The van der Waals surface area contributed by atoms with E-state index >= 15 is 0 Å². The molecule has 0 radical (unpaired) electrons. The van der Waals surface area contributed by atoms with Gasteiger partial charge in [-0.15, -0.1) is 0 Å². The second-order valence-electron chi connectivity index (χ2n) is 7.59. The first kappa shape index (κ1) is 22.1. The number of hydrogen-bond acceptors (Lipinski definition) is 6. The zero-order valence-corrected chi connectivity index (χ0v) is 17.4. The third-order valence-electron chi connectivity index (χ3n) is 5.42. The molecule has 2 amide bonds. The number of hydrogen-bond donors (Lipinski definition) is 4. The molecule has 1 unspecified atom stereocenters. The molecule has 33 heavy (non-hydrogen) atoms.